The average molecular weight is 340 g/mol. The fraction of sp³-hybridized carbons (Fsp3) is 0.474. The van der Waals surface area contributed by atoms with Crippen molar-refractivity contribution in [2.75, 3.05) is 26.7 Å². The number of likely N-dealkylation sites (tertiary alicyclic amines) is 1. The Kier molecular flexibility index (Phi) is 4.44. The van der Waals surface area contributed by atoms with Gasteiger partial charge in [-0.25, -0.2) is 0 Å². The van der Waals surface area contributed by atoms with Gasteiger partial charge in [-0.05, 0) is 44.6 Å². The van der Waals surface area contributed by atoms with E-state index in [1.807, 2.05) is 46.0 Å². The molecule has 0 bridgehead atoms. The fourth-order valence-electron chi connectivity index (χ4n) is 3.75. The van der Waals surface area contributed by atoms with E-state index in [1.54, 1.807) is 0 Å². The summed E-state index contributed by atoms with van der Waals surface area (Å²) in [5, 5.41) is 4.54. The van der Waals surface area contributed by atoms with Crippen LogP contribution in [0.1, 0.15) is 29.0 Å². The molecule has 1 saturated heterocycles. The molecule has 0 N–H and O–H groups in total. The number of fused-ring (bicyclic) bond motifs is 1. The summed E-state index contributed by atoms with van der Waals surface area (Å²) in [5.74, 6) is 0.914. The fourth-order valence-corrected chi connectivity index (χ4v) is 3.75. The van der Waals surface area contributed by atoms with Crippen LogP contribution in [0.3, 0.4) is 0 Å². The highest BCUT2D eigenvalue weighted by Crippen LogP contribution is 2.22. The predicted molar refractivity (Wildman–Crippen MR) is 94.6 cm³/mol. The lowest BCUT2D eigenvalue weighted by Crippen LogP contribution is -2.52. The number of piperidine rings is 1. The largest absolute Gasteiger partial charge is 0.487 e. The molecule has 1 unspecified atom stereocenters. The third-order valence-electron chi connectivity index (χ3n) is 5.03. The second-order valence-corrected chi connectivity index (χ2v) is 6.90. The number of para-hydroxylation sites is 1. The van der Waals surface area contributed by atoms with Gasteiger partial charge >= 0.3 is 0 Å². The summed E-state index contributed by atoms with van der Waals surface area (Å²) in [7, 11) is 2.13. The zero-order valence-corrected chi connectivity index (χ0v) is 14.6. The van der Waals surface area contributed by atoms with Crippen LogP contribution in [0.5, 0.6) is 5.75 Å². The molecule has 0 aliphatic carbocycles. The number of nitrogens with zero attached hydrogens (tertiary/aromatic N) is 4. The van der Waals surface area contributed by atoms with Crippen LogP contribution in [-0.4, -0.2) is 58.2 Å². The molecule has 132 valence electrons. The molecular weight excluding hydrogens is 316 g/mol. The Balaban J connectivity index is 1.45. The van der Waals surface area contributed by atoms with Crippen LogP contribution in [0.2, 0.25) is 0 Å². The van der Waals surface area contributed by atoms with Crippen LogP contribution in [-0.2, 0) is 13.2 Å². The van der Waals surface area contributed by atoms with Gasteiger partial charge in [0.25, 0.3) is 5.91 Å². The molecule has 3 heterocycles. The number of aromatic nitrogens is 2. The molecule has 6 nitrogen and oxygen atoms in total. The van der Waals surface area contributed by atoms with Gasteiger partial charge in [0, 0.05) is 19.1 Å². The number of amides is 1. The zero-order valence-electron chi connectivity index (χ0n) is 14.6. The summed E-state index contributed by atoms with van der Waals surface area (Å²) in [5.41, 5.74) is 1.49. The number of carbonyl (C=O) groups excluding carboxylic acids is 1. The van der Waals surface area contributed by atoms with Crippen LogP contribution in [0.25, 0.3) is 0 Å². The van der Waals surface area contributed by atoms with Crippen molar-refractivity contribution in [2.45, 2.75) is 32.0 Å². The Morgan fingerprint density at radius 2 is 2.04 bits per heavy atom. The standard InChI is InChI=1S/C19H24N4O2/c1-21-9-5-6-16(13-21)22-10-11-23-18(19(22)24)12-15(20-23)14-25-17-7-3-2-4-8-17/h2-4,7-8,12,16H,5-6,9-11,13-14H2,1H3. The average Bonchev–Trinajstić information content (AvgIpc) is 3.05. The van der Waals surface area contributed by atoms with Gasteiger partial charge in [-0.3, -0.25) is 9.48 Å². The first-order valence-corrected chi connectivity index (χ1v) is 8.95. The molecule has 0 radical (unpaired) electrons. The molecule has 0 saturated carbocycles. The Morgan fingerprint density at radius 3 is 2.84 bits per heavy atom. The first kappa shape index (κ1) is 16.1. The smallest absolute Gasteiger partial charge is 0.272 e. The Hall–Kier alpha value is -2.34. The Morgan fingerprint density at radius 1 is 1.20 bits per heavy atom. The maximum Gasteiger partial charge on any atom is 0.272 e. The van der Waals surface area contributed by atoms with Gasteiger partial charge in [-0.15, -0.1) is 0 Å². The van der Waals surface area contributed by atoms with Crippen molar-refractivity contribution in [1.29, 1.82) is 0 Å². The first-order valence-electron chi connectivity index (χ1n) is 8.95. The van der Waals surface area contributed by atoms with Gasteiger partial charge in [0.15, 0.2) is 0 Å². The highest BCUT2D eigenvalue weighted by atomic mass is 16.5. The van der Waals surface area contributed by atoms with Gasteiger partial charge in [0.05, 0.1) is 6.54 Å². The van der Waals surface area contributed by atoms with E-state index in [2.05, 4.69) is 17.0 Å². The number of hydrogen-bond acceptors (Lipinski definition) is 4. The molecule has 2 aromatic rings. The number of likely N-dealkylation sites (N-methyl/N-ethyl adjacent to an activating group) is 1. The van der Waals surface area contributed by atoms with Crippen molar-refractivity contribution < 1.29 is 9.53 Å². The summed E-state index contributed by atoms with van der Waals surface area (Å²) < 4.78 is 7.58. The molecule has 0 spiro atoms. The summed E-state index contributed by atoms with van der Waals surface area (Å²) in [6.45, 7) is 3.96. The van der Waals surface area contributed by atoms with Crippen LogP contribution in [0.4, 0.5) is 0 Å². The van der Waals surface area contributed by atoms with Crippen molar-refractivity contribution in [3.8, 4) is 5.75 Å². The van der Waals surface area contributed by atoms with Crippen molar-refractivity contribution in [3.05, 3.63) is 47.8 Å². The topological polar surface area (TPSA) is 50.6 Å². The molecule has 1 atom stereocenters. The van der Waals surface area contributed by atoms with E-state index >= 15 is 0 Å². The van der Waals surface area contributed by atoms with E-state index in [-0.39, 0.29) is 5.91 Å². The predicted octanol–water partition coefficient (Wildman–Crippen LogP) is 2.01. The highest BCUT2D eigenvalue weighted by Gasteiger charge is 2.33. The molecule has 1 aromatic heterocycles. The SMILES string of the molecule is CN1CCCC(N2CCn3nc(COc4ccccc4)cc3C2=O)C1. The second kappa shape index (κ2) is 6.88. The minimum atomic E-state index is 0.102. The molecular formula is C19H24N4O2. The Bertz CT molecular complexity index is 743. The Labute approximate surface area is 148 Å². The lowest BCUT2D eigenvalue weighted by molar-refractivity contribution is 0.0500. The molecule has 25 heavy (non-hydrogen) atoms. The van der Waals surface area contributed by atoms with Crippen LogP contribution in [0.15, 0.2) is 36.4 Å². The quantitative estimate of drug-likeness (QED) is 0.854. The summed E-state index contributed by atoms with van der Waals surface area (Å²) in [6.07, 6.45) is 2.24. The van der Waals surface area contributed by atoms with Crippen LogP contribution in [0, 0.1) is 0 Å². The minimum Gasteiger partial charge on any atom is -0.487 e. The number of rotatable bonds is 4. The third-order valence-corrected chi connectivity index (χ3v) is 5.03. The zero-order chi connectivity index (χ0) is 17.2. The van der Waals surface area contributed by atoms with E-state index in [4.69, 9.17) is 4.74 Å². The summed E-state index contributed by atoms with van der Waals surface area (Å²) >= 11 is 0. The van der Waals surface area contributed by atoms with Crippen molar-refractivity contribution in [3.63, 3.8) is 0 Å². The van der Waals surface area contributed by atoms with Gasteiger partial charge < -0.3 is 14.5 Å². The van der Waals surface area contributed by atoms with E-state index < -0.39 is 0 Å². The molecule has 1 fully saturated rings. The molecule has 1 aromatic carbocycles. The van der Waals surface area contributed by atoms with Gasteiger partial charge in [0.1, 0.15) is 23.7 Å². The van der Waals surface area contributed by atoms with Crippen molar-refractivity contribution >= 4 is 5.91 Å². The lowest BCUT2D eigenvalue weighted by Gasteiger charge is -2.39. The molecule has 2 aliphatic heterocycles. The summed E-state index contributed by atoms with van der Waals surface area (Å²) in [4.78, 5) is 17.3. The maximum atomic E-state index is 12.9. The van der Waals surface area contributed by atoms with Gasteiger partial charge in [-0.2, -0.15) is 5.10 Å². The van der Waals surface area contributed by atoms with E-state index in [9.17, 15) is 4.79 Å². The number of carbonyl (C=O) groups is 1. The van der Waals surface area contributed by atoms with Crippen LogP contribution < -0.4 is 4.74 Å². The van der Waals surface area contributed by atoms with Crippen LogP contribution >= 0.6 is 0 Å². The first-order chi connectivity index (χ1) is 12.2. The highest BCUT2D eigenvalue weighted by molar-refractivity contribution is 5.93. The second-order valence-electron chi connectivity index (χ2n) is 6.90. The molecule has 2 aliphatic rings. The number of hydrogen-bond donors (Lipinski definition) is 0. The molecule has 6 heteroatoms. The van der Waals surface area contributed by atoms with E-state index in [0.717, 1.165) is 50.5 Å². The lowest BCUT2D eigenvalue weighted by atomic mass is 10.0. The molecule has 1 amide bonds. The molecule has 4 rings (SSSR count). The minimum absolute atomic E-state index is 0.102. The number of ether oxygens (including phenoxy) is 1. The van der Waals surface area contributed by atoms with Gasteiger partial charge in [-0.1, -0.05) is 18.2 Å². The summed E-state index contributed by atoms with van der Waals surface area (Å²) in [6, 6.07) is 11.9. The normalized spacial score (nSPS) is 21.2. The van der Waals surface area contributed by atoms with Gasteiger partial charge in [0.2, 0.25) is 0 Å². The third kappa shape index (κ3) is 3.39. The van der Waals surface area contributed by atoms with E-state index in [0.29, 0.717) is 18.3 Å². The van der Waals surface area contributed by atoms with Crippen molar-refractivity contribution in [1.82, 2.24) is 19.6 Å². The monoisotopic (exact) mass is 340 g/mol. The van der Waals surface area contributed by atoms with Crippen molar-refractivity contribution in [2.24, 2.45) is 0 Å². The van der Waals surface area contributed by atoms with E-state index in [1.165, 1.54) is 0 Å². The number of benzene rings is 1. The maximum absolute atomic E-state index is 12.9.